The van der Waals surface area contributed by atoms with Gasteiger partial charge in [0.1, 0.15) is 0 Å². The molecule has 1 aromatic rings. The van der Waals surface area contributed by atoms with Crippen LogP contribution in [0.5, 0.6) is 0 Å². The fourth-order valence-electron chi connectivity index (χ4n) is 2.35. The van der Waals surface area contributed by atoms with Crippen molar-refractivity contribution < 1.29 is 4.79 Å². The topological polar surface area (TPSA) is 23.6 Å². The summed E-state index contributed by atoms with van der Waals surface area (Å²) in [6.07, 6.45) is 1.25. The van der Waals surface area contributed by atoms with Gasteiger partial charge in [0.05, 0.1) is 0 Å². The van der Waals surface area contributed by atoms with E-state index in [0.29, 0.717) is 5.92 Å². The van der Waals surface area contributed by atoms with Crippen LogP contribution in [-0.4, -0.2) is 37.0 Å². The molecular formula is C18H30N2O. The van der Waals surface area contributed by atoms with Crippen molar-refractivity contribution in [3.05, 3.63) is 29.8 Å². The van der Waals surface area contributed by atoms with E-state index in [2.05, 4.69) is 56.9 Å². The highest BCUT2D eigenvalue weighted by Crippen LogP contribution is 2.21. The third-order valence-corrected chi connectivity index (χ3v) is 3.65. The molecule has 1 aromatic carbocycles. The van der Waals surface area contributed by atoms with E-state index in [9.17, 15) is 4.79 Å². The van der Waals surface area contributed by atoms with Crippen LogP contribution in [0.25, 0.3) is 0 Å². The molecule has 1 aliphatic rings. The standard InChI is InChI=1S/C15H22N2O.C3H8/c1-12(2)14-4-6-15(7-5-14)17-10-8-16(9-11-17)13(3)18;1-3-2/h4-7,12H,8-11H2,1-3H3;3H2,1-2H3. The Kier molecular flexibility index (Phi) is 7.27. The van der Waals surface area contributed by atoms with E-state index in [-0.39, 0.29) is 5.91 Å². The Morgan fingerprint density at radius 2 is 1.52 bits per heavy atom. The van der Waals surface area contributed by atoms with Crippen molar-refractivity contribution >= 4 is 11.6 Å². The first-order valence-corrected chi connectivity index (χ1v) is 8.10. The van der Waals surface area contributed by atoms with E-state index >= 15 is 0 Å². The number of nitrogens with zero attached hydrogens (tertiary/aromatic N) is 2. The largest absolute Gasteiger partial charge is 0.368 e. The van der Waals surface area contributed by atoms with Crippen molar-refractivity contribution in [2.45, 2.75) is 47.0 Å². The highest BCUT2D eigenvalue weighted by molar-refractivity contribution is 5.73. The molecule has 21 heavy (non-hydrogen) atoms. The monoisotopic (exact) mass is 290 g/mol. The number of hydrogen-bond donors (Lipinski definition) is 0. The van der Waals surface area contributed by atoms with Gasteiger partial charge >= 0.3 is 0 Å². The van der Waals surface area contributed by atoms with Crippen LogP contribution in [0.4, 0.5) is 5.69 Å². The summed E-state index contributed by atoms with van der Waals surface area (Å²) in [6.45, 7) is 13.8. The summed E-state index contributed by atoms with van der Waals surface area (Å²) in [6, 6.07) is 8.80. The molecule has 0 spiro atoms. The summed E-state index contributed by atoms with van der Waals surface area (Å²) in [5.74, 6) is 0.762. The molecule has 1 fully saturated rings. The van der Waals surface area contributed by atoms with Gasteiger partial charge in [-0.2, -0.15) is 0 Å². The number of piperazine rings is 1. The Morgan fingerprint density at radius 1 is 1.05 bits per heavy atom. The van der Waals surface area contributed by atoms with Crippen molar-refractivity contribution in [2.75, 3.05) is 31.1 Å². The molecular weight excluding hydrogens is 260 g/mol. The van der Waals surface area contributed by atoms with Gasteiger partial charge in [0.25, 0.3) is 0 Å². The first-order valence-electron chi connectivity index (χ1n) is 8.10. The Bertz CT molecular complexity index is 417. The lowest BCUT2D eigenvalue weighted by Gasteiger charge is -2.35. The maximum Gasteiger partial charge on any atom is 0.219 e. The number of hydrogen-bond acceptors (Lipinski definition) is 2. The summed E-state index contributed by atoms with van der Waals surface area (Å²) >= 11 is 0. The van der Waals surface area contributed by atoms with E-state index in [0.717, 1.165) is 26.2 Å². The minimum absolute atomic E-state index is 0.185. The highest BCUT2D eigenvalue weighted by atomic mass is 16.2. The molecule has 1 aliphatic heterocycles. The molecule has 118 valence electrons. The van der Waals surface area contributed by atoms with E-state index in [1.165, 1.54) is 17.7 Å². The van der Waals surface area contributed by atoms with Crippen LogP contribution >= 0.6 is 0 Å². The van der Waals surface area contributed by atoms with Gasteiger partial charge < -0.3 is 9.80 Å². The molecule has 1 amide bonds. The normalized spacial score (nSPS) is 14.8. The number of anilines is 1. The summed E-state index contributed by atoms with van der Waals surface area (Å²) < 4.78 is 0. The molecule has 0 radical (unpaired) electrons. The fourth-order valence-corrected chi connectivity index (χ4v) is 2.35. The molecule has 0 unspecified atom stereocenters. The zero-order valence-corrected chi connectivity index (χ0v) is 14.2. The molecule has 3 heteroatoms. The predicted molar refractivity (Wildman–Crippen MR) is 91.0 cm³/mol. The smallest absolute Gasteiger partial charge is 0.219 e. The molecule has 2 rings (SSSR count). The predicted octanol–water partition coefficient (Wildman–Crippen LogP) is 3.89. The van der Waals surface area contributed by atoms with E-state index in [1.54, 1.807) is 6.92 Å². The number of carbonyl (C=O) groups excluding carboxylic acids is 1. The van der Waals surface area contributed by atoms with Crippen LogP contribution in [-0.2, 0) is 4.79 Å². The van der Waals surface area contributed by atoms with Gasteiger partial charge in [0.15, 0.2) is 0 Å². The molecule has 1 saturated heterocycles. The number of benzene rings is 1. The van der Waals surface area contributed by atoms with Crippen LogP contribution in [0, 0.1) is 0 Å². The van der Waals surface area contributed by atoms with E-state index in [1.807, 2.05) is 4.90 Å². The second kappa shape index (κ2) is 8.71. The van der Waals surface area contributed by atoms with Crippen LogP contribution < -0.4 is 4.90 Å². The zero-order valence-electron chi connectivity index (χ0n) is 14.2. The van der Waals surface area contributed by atoms with Gasteiger partial charge in [-0.05, 0) is 23.6 Å². The summed E-state index contributed by atoms with van der Waals surface area (Å²) in [5, 5.41) is 0. The van der Waals surface area contributed by atoms with Gasteiger partial charge in [-0.1, -0.05) is 46.2 Å². The van der Waals surface area contributed by atoms with Crippen LogP contribution in [0.1, 0.15) is 52.5 Å². The Hall–Kier alpha value is -1.51. The first kappa shape index (κ1) is 17.5. The third kappa shape index (κ3) is 5.41. The molecule has 0 aliphatic carbocycles. The lowest BCUT2D eigenvalue weighted by atomic mass is 10.0. The van der Waals surface area contributed by atoms with Gasteiger partial charge in [0, 0.05) is 38.8 Å². The van der Waals surface area contributed by atoms with E-state index < -0.39 is 0 Å². The average Bonchev–Trinajstić information content (AvgIpc) is 2.48. The van der Waals surface area contributed by atoms with Crippen molar-refractivity contribution in [3.8, 4) is 0 Å². The van der Waals surface area contributed by atoms with Gasteiger partial charge in [-0.15, -0.1) is 0 Å². The lowest BCUT2D eigenvalue weighted by molar-refractivity contribution is -0.129. The zero-order chi connectivity index (χ0) is 15.8. The SMILES string of the molecule is CC(=O)N1CCN(c2ccc(C(C)C)cc2)CC1.CCC. The molecule has 1 heterocycles. The molecule has 0 N–H and O–H groups in total. The fraction of sp³-hybridized carbons (Fsp3) is 0.611. The van der Waals surface area contributed by atoms with Crippen LogP contribution in [0.3, 0.4) is 0 Å². The number of amides is 1. The summed E-state index contributed by atoms with van der Waals surface area (Å²) in [7, 11) is 0. The van der Waals surface area contributed by atoms with Crippen molar-refractivity contribution in [2.24, 2.45) is 0 Å². The lowest BCUT2D eigenvalue weighted by Crippen LogP contribution is -2.48. The maximum atomic E-state index is 11.3. The maximum absolute atomic E-state index is 11.3. The first-order chi connectivity index (χ1) is 9.99. The quantitative estimate of drug-likeness (QED) is 0.825. The van der Waals surface area contributed by atoms with Crippen molar-refractivity contribution in [3.63, 3.8) is 0 Å². The van der Waals surface area contributed by atoms with Crippen molar-refractivity contribution in [1.29, 1.82) is 0 Å². The van der Waals surface area contributed by atoms with Crippen LogP contribution in [0.2, 0.25) is 0 Å². The van der Waals surface area contributed by atoms with Gasteiger partial charge in [0.2, 0.25) is 5.91 Å². The number of rotatable bonds is 2. The minimum Gasteiger partial charge on any atom is -0.368 e. The summed E-state index contributed by atoms with van der Waals surface area (Å²) in [4.78, 5) is 15.5. The van der Waals surface area contributed by atoms with Crippen LogP contribution in [0.15, 0.2) is 24.3 Å². The number of carbonyl (C=O) groups is 1. The summed E-state index contributed by atoms with van der Waals surface area (Å²) in [5.41, 5.74) is 2.64. The highest BCUT2D eigenvalue weighted by Gasteiger charge is 2.18. The molecule has 0 saturated carbocycles. The minimum atomic E-state index is 0.185. The Morgan fingerprint density at radius 3 is 1.90 bits per heavy atom. The molecule has 0 aromatic heterocycles. The third-order valence-electron chi connectivity index (χ3n) is 3.65. The molecule has 0 bridgehead atoms. The molecule has 0 atom stereocenters. The average molecular weight is 290 g/mol. The second-order valence-corrected chi connectivity index (χ2v) is 5.95. The van der Waals surface area contributed by atoms with Crippen molar-refractivity contribution in [1.82, 2.24) is 4.90 Å². The van der Waals surface area contributed by atoms with Gasteiger partial charge in [-0.3, -0.25) is 4.79 Å². The second-order valence-electron chi connectivity index (χ2n) is 5.95. The Balaban J connectivity index is 0.000000677. The Labute approximate surface area is 129 Å². The van der Waals surface area contributed by atoms with E-state index in [4.69, 9.17) is 0 Å². The van der Waals surface area contributed by atoms with Gasteiger partial charge in [-0.25, -0.2) is 0 Å². The molecule has 3 nitrogen and oxygen atoms in total.